The number of hydrogen-bond acceptors (Lipinski definition) is 6. The van der Waals surface area contributed by atoms with Gasteiger partial charge < -0.3 is 25.3 Å². The van der Waals surface area contributed by atoms with E-state index in [1.54, 1.807) is 0 Å². The molecule has 0 aliphatic carbocycles. The lowest BCUT2D eigenvalue weighted by Gasteiger charge is -2.34. The van der Waals surface area contributed by atoms with Gasteiger partial charge in [-0.2, -0.15) is 0 Å². The molecular formula is C24H35N7O. The highest BCUT2D eigenvalue weighted by molar-refractivity contribution is 5.74. The number of nitrogens with one attached hydrogen (secondary N) is 2. The molecule has 2 aliphatic heterocycles. The molecule has 0 bridgehead atoms. The molecule has 4 rings (SSSR count). The number of carbonyl (C=O) groups is 1. The Morgan fingerprint density at radius 1 is 1.00 bits per heavy atom. The molecule has 8 heteroatoms. The number of carbonyl (C=O) groups excluding carboxylic acids is 1. The van der Waals surface area contributed by atoms with E-state index in [-0.39, 0.29) is 12.1 Å². The molecular weight excluding hydrogens is 402 g/mol. The zero-order valence-electron chi connectivity index (χ0n) is 19.3. The van der Waals surface area contributed by atoms with Crippen LogP contribution in [0.4, 0.5) is 16.4 Å². The fourth-order valence-corrected chi connectivity index (χ4v) is 4.38. The lowest BCUT2D eigenvalue weighted by atomic mass is 10.1. The number of amides is 2. The summed E-state index contributed by atoms with van der Waals surface area (Å²) in [6.07, 6.45) is 3.71. The minimum atomic E-state index is -0.114. The van der Waals surface area contributed by atoms with Crippen LogP contribution in [-0.2, 0) is 6.54 Å². The van der Waals surface area contributed by atoms with Crippen LogP contribution in [0.15, 0.2) is 36.5 Å². The smallest absolute Gasteiger partial charge is 0.315 e. The molecule has 2 N–H and O–H groups in total. The summed E-state index contributed by atoms with van der Waals surface area (Å²) in [7, 11) is 0. The Bertz CT molecular complexity index is 872. The molecule has 0 aromatic carbocycles. The molecule has 32 heavy (non-hydrogen) atoms. The normalized spacial score (nSPS) is 17.9. The van der Waals surface area contributed by atoms with Crippen molar-refractivity contribution in [2.75, 3.05) is 55.6 Å². The second kappa shape index (κ2) is 10.6. The molecule has 2 aliphatic rings. The van der Waals surface area contributed by atoms with Crippen LogP contribution >= 0.6 is 0 Å². The van der Waals surface area contributed by atoms with Crippen LogP contribution in [0.2, 0.25) is 0 Å². The summed E-state index contributed by atoms with van der Waals surface area (Å²) in [4.78, 5) is 28.7. The van der Waals surface area contributed by atoms with Crippen molar-refractivity contribution in [1.29, 1.82) is 0 Å². The standard InChI is InChI=1S/C24H35N7O/c1-3-29-13-15-31(16-14-29)22-8-7-20(17-25-22)18-26-24(32)28-21-9-11-30(12-10-21)23-6-4-5-19(2)27-23/h4-8,17,21H,3,9-16,18H2,1-2H3,(H2,26,28,32). The van der Waals surface area contributed by atoms with Crippen molar-refractivity contribution < 1.29 is 4.79 Å². The number of anilines is 2. The van der Waals surface area contributed by atoms with Crippen LogP contribution in [-0.4, -0.2) is 72.8 Å². The van der Waals surface area contributed by atoms with E-state index in [0.29, 0.717) is 6.54 Å². The third kappa shape index (κ3) is 5.88. The van der Waals surface area contributed by atoms with Crippen molar-refractivity contribution in [2.45, 2.75) is 39.3 Å². The molecule has 2 fully saturated rings. The number of piperazine rings is 1. The van der Waals surface area contributed by atoms with Crippen molar-refractivity contribution in [3.8, 4) is 0 Å². The van der Waals surface area contributed by atoms with Gasteiger partial charge >= 0.3 is 6.03 Å². The van der Waals surface area contributed by atoms with E-state index in [1.807, 2.05) is 25.3 Å². The Morgan fingerprint density at radius 3 is 2.41 bits per heavy atom. The van der Waals surface area contributed by atoms with Crippen LogP contribution in [0.3, 0.4) is 0 Å². The summed E-state index contributed by atoms with van der Waals surface area (Å²) in [5, 5.41) is 6.09. The maximum absolute atomic E-state index is 12.4. The molecule has 2 aromatic heterocycles. The first kappa shape index (κ1) is 22.3. The fourth-order valence-electron chi connectivity index (χ4n) is 4.38. The summed E-state index contributed by atoms with van der Waals surface area (Å²) in [6, 6.07) is 10.3. The molecule has 0 unspecified atom stereocenters. The number of aryl methyl sites for hydroxylation is 1. The van der Waals surface area contributed by atoms with E-state index >= 15 is 0 Å². The summed E-state index contributed by atoms with van der Waals surface area (Å²) in [5.41, 5.74) is 2.04. The van der Waals surface area contributed by atoms with E-state index in [2.05, 4.69) is 60.4 Å². The molecule has 172 valence electrons. The van der Waals surface area contributed by atoms with E-state index in [0.717, 1.165) is 81.5 Å². The van der Waals surface area contributed by atoms with Gasteiger partial charge in [-0.3, -0.25) is 0 Å². The highest BCUT2D eigenvalue weighted by Crippen LogP contribution is 2.18. The quantitative estimate of drug-likeness (QED) is 0.723. The maximum Gasteiger partial charge on any atom is 0.315 e. The monoisotopic (exact) mass is 437 g/mol. The van der Waals surface area contributed by atoms with Gasteiger partial charge in [0.1, 0.15) is 11.6 Å². The number of rotatable bonds is 6. The number of urea groups is 1. The van der Waals surface area contributed by atoms with Gasteiger partial charge in [-0.05, 0) is 50.1 Å². The minimum absolute atomic E-state index is 0.114. The average Bonchev–Trinajstić information content (AvgIpc) is 2.84. The first-order chi connectivity index (χ1) is 15.6. The van der Waals surface area contributed by atoms with Crippen LogP contribution in [0, 0.1) is 6.92 Å². The Balaban J connectivity index is 1.18. The first-order valence-electron chi connectivity index (χ1n) is 11.8. The van der Waals surface area contributed by atoms with E-state index in [4.69, 9.17) is 0 Å². The van der Waals surface area contributed by atoms with Crippen LogP contribution < -0.4 is 20.4 Å². The Kier molecular flexibility index (Phi) is 7.42. The van der Waals surface area contributed by atoms with Gasteiger partial charge in [-0.1, -0.05) is 19.1 Å². The number of hydrogen-bond donors (Lipinski definition) is 2. The lowest BCUT2D eigenvalue weighted by Crippen LogP contribution is -2.48. The molecule has 2 amide bonds. The number of aromatic nitrogens is 2. The van der Waals surface area contributed by atoms with E-state index in [9.17, 15) is 4.79 Å². The number of likely N-dealkylation sites (N-methyl/N-ethyl adjacent to an activating group) is 1. The number of pyridine rings is 2. The molecule has 8 nitrogen and oxygen atoms in total. The SMILES string of the molecule is CCN1CCN(c2ccc(CNC(=O)NC3CCN(c4cccc(C)n4)CC3)cn2)CC1. The van der Waals surface area contributed by atoms with Gasteiger partial charge in [-0.25, -0.2) is 14.8 Å². The predicted octanol–water partition coefficient (Wildman–Crippen LogP) is 2.40. The number of nitrogens with zero attached hydrogens (tertiary/aromatic N) is 5. The van der Waals surface area contributed by atoms with Gasteiger partial charge in [0.25, 0.3) is 0 Å². The summed E-state index contributed by atoms with van der Waals surface area (Å²) in [6.45, 7) is 11.8. The first-order valence-corrected chi connectivity index (χ1v) is 11.8. The maximum atomic E-state index is 12.4. The fraction of sp³-hybridized carbons (Fsp3) is 0.542. The largest absolute Gasteiger partial charge is 0.356 e. The van der Waals surface area contributed by atoms with Crippen molar-refractivity contribution in [1.82, 2.24) is 25.5 Å². The van der Waals surface area contributed by atoms with Crippen molar-refractivity contribution in [3.63, 3.8) is 0 Å². The third-order valence-electron chi connectivity index (χ3n) is 6.43. The molecule has 0 saturated carbocycles. The van der Waals surface area contributed by atoms with Crippen molar-refractivity contribution in [2.24, 2.45) is 0 Å². The summed E-state index contributed by atoms with van der Waals surface area (Å²) >= 11 is 0. The highest BCUT2D eigenvalue weighted by atomic mass is 16.2. The second-order valence-corrected chi connectivity index (χ2v) is 8.67. The summed E-state index contributed by atoms with van der Waals surface area (Å²) in [5.74, 6) is 2.04. The van der Waals surface area contributed by atoms with Crippen molar-refractivity contribution >= 4 is 17.7 Å². The molecule has 0 spiro atoms. The van der Waals surface area contributed by atoms with Gasteiger partial charge in [0.2, 0.25) is 0 Å². The van der Waals surface area contributed by atoms with Crippen LogP contribution in [0.1, 0.15) is 31.0 Å². The molecule has 2 aromatic rings. The zero-order valence-corrected chi connectivity index (χ0v) is 19.3. The lowest BCUT2D eigenvalue weighted by molar-refractivity contribution is 0.234. The van der Waals surface area contributed by atoms with Gasteiger partial charge in [-0.15, -0.1) is 0 Å². The van der Waals surface area contributed by atoms with Gasteiger partial charge in [0, 0.05) is 63.7 Å². The third-order valence-corrected chi connectivity index (χ3v) is 6.43. The molecule has 4 heterocycles. The van der Waals surface area contributed by atoms with Crippen LogP contribution in [0.25, 0.3) is 0 Å². The highest BCUT2D eigenvalue weighted by Gasteiger charge is 2.21. The summed E-state index contributed by atoms with van der Waals surface area (Å²) < 4.78 is 0. The van der Waals surface area contributed by atoms with E-state index in [1.165, 1.54) is 0 Å². The Hall–Kier alpha value is -2.87. The molecule has 0 radical (unpaired) electrons. The topological polar surface area (TPSA) is 76.6 Å². The van der Waals surface area contributed by atoms with E-state index < -0.39 is 0 Å². The molecule has 2 saturated heterocycles. The van der Waals surface area contributed by atoms with Gasteiger partial charge in [0.05, 0.1) is 0 Å². The molecule has 0 atom stereocenters. The minimum Gasteiger partial charge on any atom is -0.356 e. The van der Waals surface area contributed by atoms with Gasteiger partial charge in [0.15, 0.2) is 0 Å². The Morgan fingerprint density at radius 2 is 1.75 bits per heavy atom. The Labute approximate surface area is 191 Å². The van der Waals surface area contributed by atoms with Crippen molar-refractivity contribution in [3.05, 3.63) is 47.8 Å². The zero-order chi connectivity index (χ0) is 22.3. The second-order valence-electron chi connectivity index (χ2n) is 8.67. The van der Waals surface area contributed by atoms with Crippen LogP contribution in [0.5, 0.6) is 0 Å². The predicted molar refractivity (Wildman–Crippen MR) is 128 cm³/mol. The average molecular weight is 438 g/mol. The number of piperidine rings is 1.